The molecule has 0 aliphatic carbocycles. The lowest BCUT2D eigenvalue weighted by atomic mass is 9.96. The average molecular weight is 668 g/mol. The number of halogens is 9. The Labute approximate surface area is 260 Å². The van der Waals surface area contributed by atoms with Gasteiger partial charge in [0.15, 0.2) is 6.29 Å². The highest BCUT2D eigenvalue weighted by Gasteiger charge is 2.49. The van der Waals surface area contributed by atoms with E-state index < -0.39 is 54.6 Å². The van der Waals surface area contributed by atoms with E-state index in [1.807, 2.05) is 0 Å². The van der Waals surface area contributed by atoms with Crippen molar-refractivity contribution in [3.63, 3.8) is 0 Å². The van der Waals surface area contributed by atoms with Gasteiger partial charge < -0.3 is 18.7 Å². The molecule has 0 radical (unpaired) electrons. The first-order chi connectivity index (χ1) is 21.1. The highest BCUT2D eigenvalue weighted by molar-refractivity contribution is 6.39. The standard InChI is InChI=1S/C30H32BF9NO5/c1-7-41(4,5)27(3,43-19(2)42-6)25-18-22(30(38,39)40)12-17-26(25)46-31(44-23-13-8-20(9-14-23)28(32,33)34)45-24-15-10-21(11-16-24)29(35,36)37/h8-19H,7H2,1-6H3/q+1. The van der Waals surface area contributed by atoms with Crippen LogP contribution in [0.3, 0.4) is 0 Å². The van der Waals surface area contributed by atoms with Gasteiger partial charge in [-0.3, -0.25) is 9.22 Å². The molecule has 3 aromatic rings. The predicted octanol–water partition coefficient (Wildman–Crippen LogP) is 8.54. The fourth-order valence-electron chi connectivity index (χ4n) is 4.22. The summed E-state index contributed by atoms with van der Waals surface area (Å²) in [5.74, 6) is -0.674. The Morgan fingerprint density at radius 3 is 1.46 bits per heavy atom. The molecule has 46 heavy (non-hydrogen) atoms. The molecule has 0 amide bonds. The fraction of sp³-hybridized carbons (Fsp3) is 0.400. The fourth-order valence-corrected chi connectivity index (χ4v) is 4.22. The zero-order chi connectivity index (χ0) is 34.7. The molecule has 252 valence electrons. The van der Waals surface area contributed by atoms with E-state index in [2.05, 4.69) is 0 Å². The molecule has 0 aromatic heterocycles. The van der Waals surface area contributed by atoms with Gasteiger partial charge in [-0.25, -0.2) is 0 Å². The Kier molecular flexibility index (Phi) is 10.9. The van der Waals surface area contributed by atoms with Crippen molar-refractivity contribution in [1.29, 1.82) is 0 Å². The van der Waals surface area contributed by atoms with E-state index in [1.54, 1.807) is 21.0 Å². The van der Waals surface area contributed by atoms with Gasteiger partial charge >= 0.3 is 25.9 Å². The van der Waals surface area contributed by atoms with Crippen LogP contribution in [0, 0.1) is 0 Å². The van der Waals surface area contributed by atoms with Crippen LogP contribution in [0.5, 0.6) is 17.2 Å². The van der Waals surface area contributed by atoms with Gasteiger partial charge in [0.25, 0.3) is 0 Å². The first-order valence-electron chi connectivity index (χ1n) is 13.7. The van der Waals surface area contributed by atoms with Gasteiger partial charge in [-0.2, -0.15) is 39.5 Å². The molecule has 3 aromatic carbocycles. The minimum atomic E-state index is -4.78. The molecule has 0 saturated heterocycles. The lowest BCUT2D eigenvalue weighted by Gasteiger charge is -2.47. The van der Waals surface area contributed by atoms with Gasteiger partial charge in [-0.05, 0) is 80.6 Å². The lowest BCUT2D eigenvalue weighted by Crippen LogP contribution is -2.58. The zero-order valence-corrected chi connectivity index (χ0v) is 25.6. The highest BCUT2D eigenvalue weighted by Crippen LogP contribution is 2.43. The van der Waals surface area contributed by atoms with Gasteiger partial charge in [0.1, 0.15) is 17.2 Å². The van der Waals surface area contributed by atoms with Gasteiger partial charge in [-0.1, -0.05) is 0 Å². The Morgan fingerprint density at radius 2 is 1.09 bits per heavy atom. The van der Waals surface area contributed by atoms with E-state index >= 15 is 0 Å². The second-order valence-electron chi connectivity index (χ2n) is 10.8. The van der Waals surface area contributed by atoms with Crippen molar-refractivity contribution in [3.8, 4) is 17.2 Å². The van der Waals surface area contributed by atoms with Crippen LogP contribution in [0.2, 0.25) is 0 Å². The maximum atomic E-state index is 13.9. The second-order valence-corrected chi connectivity index (χ2v) is 10.8. The molecule has 0 aliphatic rings. The Balaban J connectivity index is 2.15. The number of methoxy groups -OCH3 is 1. The minimum Gasteiger partial charge on any atom is -0.490 e. The molecule has 2 unspecified atom stereocenters. The molecule has 0 fully saturated rings. The number of nitrogens with zero attached hydrogens (tertiary/aromatic N) is 1. The third kappa shape index (κ3) is 8.79. The van der Waals surface area contributed by atoms with Gasteiger partial charge in [-0.15, -0.1) is 0 Å². The summed E-state index contributed by atoms with van der Waals surface area (Å²) in [6, 6.07) is 9.21. The van der Waals surface area contributed by atoms with Crippen molar-refractivity contribution in [2.75, 3.05) is 27.7 Å². The summed E-state index contributed by atoms with van der Waals surface area (Å²) < 4.78 is 149. The number of alkyl halides is 9. The molecule has 0 spiro atoms. The van der Waals surface area contributed by atoms with Crippen LogP contribution in [0.15, 0.2) is 66.7 Å². The summed E-state index contributed by atoms with van der Waals surface area (Å²) in [5.41, 5.74) is -4.75. The molecule has 0 aliphatic heterocycles. The molecule has 3 rings (SSSR count). The van der Waals surface area contributed by atoms with E-state index in [4.69, 9.17) is 23.4 Å². The van der Waals surface area contributed by atoms with Crippen molar-refractivity contribution in [2.24, 2.45) is 0 Å². The minimum absolute atomic E-state index is 0.0530. The molecule has 2 atom stereocenters. The Bertz CT molecular complexity index is 1390. The maximum absolute atomic E-state index is 13.9. The van der Waals surface area contributed by atoms with Crippen molar-refractivity contribution >= 4 is 7.32 Å². The van der Waals surface area contributed by atoms with Crippen LogP contribution in [0.25, 0.3) is 0 Å². The lowest BCUT2D eigenvalue weighted by molar-refractivity contribution is -0.975. The zero-order valence-electron chi connectivity index (χ0n) is 25.6. The Hall–Kier alpha value is -3.63. The van der Waals surface area contributed by atoms with Crippen LogP contribution in [0.4, 0.5) is 39.5 Å². The average Bonchev–Trinajstić information content (AvgIpc) is 2.96. The molecular weight excluding hydrogens is 636 g/mol. The van der Waals surface area contributed by atoms with Crippen molar-refractivity contribution in [1.82, 2.24) is 0 Å². The number of hydrogen-bond acceptors (Lipinski definition) is 5. The maximum Gasteiger partial charge on any atom is 0.864 e. The van der Waals surface area contributed by atoms with E-state index in [9.17, 15) is 39.5 Å². The normalized spacial score (nSPS) is 14.8. The number of quaternary nitrogens is 1. The third-order valence-electron chi connectivity index (χ3n) is 7.53. The van der Waals surface area contributed by atoms with E-state index in [0.29, 0.717) is 30.8 Å². The van der Waals surface area contributed by atoms with Crippen LogP contribution in [-0.2, 0) is 33.7 Å². The molecule has 16 heteroatoms. The van der Waals surface area contributed by atoms with Gasteiger partial charge in [0.05, 0.1) is 42.9 Å². The Morgan fingerprint density at radius 1 is 0.674 bits per heavy atom. The largest absolute Gasteiger partial charge is 0.864 e. The first-order valence-corrected chi connectivity index (χ1v) is 13.7. The number of ether oxygens (including phenoxy) is 2. The monoisotopic (exact) mass is 668 g/mol. The second kappa shape index (κ2) is 13.6. The van der Waals surface area contributed by atoms with Gasteiger partial charge in [0.2, 0.25) is 5.72 Å². The number of rotatable bonds is 12. The quantitative estimate of drug-likeness (QED) is 0.0839. The summed E-state index contributed by atoms with van der Waals surface area (Å²) in [4.78, 5) is 0. The SMILES string of the molecule is CC[N+](C)(C)C(C)(OC(C)OC)c1cc(C(F)(F)F)ccc1OB(Oc1ccc(C(F)(F)F)cc1)Oc1ccc(C(F)(F)F)cc1. The molecule has 6 nitrogen and oxygen atoms in total. The smallest absolute Gasteiger partial charge is 0.490 e. The number of benzene rings is 3. The summed E-state index contributed by atoms with van der Waals surface area (Å²) in [7, 11) is 2.81. The van der Waals surface area contributed by atoms with Crippen LogP contribution in [0.1, 0.15) is 43.0 Å². The summed E-state index contributed by atoms with van der Waals surface area (Å²) in [5, 5.41) is 0. The molecule has 0 saturated carbocycles. The molecule has 0 N–H and O–H groups in total. The molecule has 0 bridgehead atoms. The summed E-state index contributed by atoms with van der Waals surface area (Å²) in [6.07, 6.45) is -15.0. The van der Waals surface area contributed by atoms with Crippen molar-refractivity contribution < 1.29 is 67.4 Å². The predicted molar refractivity (Wildman–Crippen MR) is 150 cm³/mol. The molecular formula is C30H32BF9NO5+. The van der Waals surface area contributed by atoms with E-state index in [0.717, 1.165) is 42.5 Å². The van der Waals surface area contributed by atoms with Crippen LogP contribution in [-0.4, -0.2) is 45.8 Å². The van der Waals surface area contributed by atoms with Crippen LogP contribution < -0.4 is 14.0 Å². The highest BCUT2D eigenvalue weighted by atomic mass is 19.4. The van der Waals surface area contributed by atoms with E-state index in [1.165, 1.54) is 21.0 Å². The summed E-state index contributed by atoms with van der Waals surface area (Å²) in [6.45, 7) is 5.18. The van der Waals surface area contributed by atoms with E-state index in [-0.39, 0.29) is 27.3 Å². The number of hydrogen-bond donors (Lipinski definition) is 0. The van der Waals surface area contributed by atoms with Gasteiger partial charge in [0, 0.05) is 14.0 Å². The first kappa shape index (κ1) is 36.8. The molecule has 0 heterocycles. The topological polar surface area (TPSA) is 46.2 Å². The summed E-state index contributed by atoms with van der Waals surface area (Å²) >= 11 is 0. The third-order valence-corrected chi connectivity index (χ3v) is 7.53. The van der Waals surface area contributed by atoms with Crippen molar-refractivity contribution in [3.05, 3.63) is 89.0 Å². The van der Waals surface area contributed by atoms with Crippen LogP contribution >= 0.6 is 0 Å². The van der Waals surface area contributed by atoms with Crippen molar-refractivity contribution in [2.45, 2.75) is 51.3 Å².